The van der Waals surface area contributed by atoms with Crippen molar-refractivity contribution in [3.05, 3.63) is 69.3 Å². The van der Waals surface area contributed by atoms with Crippen LogP contribution >= 0.6 is 27.7 Å². The van der Waals surface area contributed by atoms with Gasteiger partial charge in [0.05, 0.1) is 17.2 Å². The smallest absolute Gasteiger partial charge is 0.255 e. The van der Waals surface area contributed by atoms with Crippen LogP contribution < -0.4 is 15.4 Å². The molecule has 0 aliphatic carbocycles. The first-order valence-electron chi connectivity index (χ1n) is 10.2. The molecule has 2 aromatic carbocycles. The van der Waals surface area contributed by atoms with Gasteiger partial charge in [-0.15, -0.1) is 5.10 Å². The number of allylic oxidation sites excluding steroid dienone is 1. The van der Waals surface area contributed by atoms with Gasteiger partial charge >= 0.3 is 0 Å². The van der Waals surface area contributed by atoms with Gasteiger partial charge in [-0.3, -0.25) is 4.79 Å². The number of amides is 1. The lowest BCUT2D eigenvalue weighted by molar-refractivity contribution is -0.113. The van der Waals surface area contributed by atoms with E-state index in [1.165, 1.54) is 0 Å². The van der Waals surface area contributed by atoms with Gasteiger partial charge in [0, 0.05) is 11.4 Å². The summed E-state index contributed by atoms with van der Waals surface area (Å²) in [4.78, 5) is 18.1. The number of nitrogens with zero attached hydrogens (tertiary/aromatic N) is 3. The van der Waals surface area contributed by atoms with E-state index in [9.17, 15) is 4.79 Å². The maximum atomic E-state index is 13.5. The number of hydrogen-bond donors (Lipinski definition) is 2. The van der Waals surface area contributed by atoms with Crippen LogP contribution in [0.2, 0.25) is 0 Å². The SMILES string of the molecule is CCSc1nc2n(n1)C(c1ccc(OC)c(Br)c1)C(C(=O)Nc1cccc(C)c1)=C(C)N2. The van der Waals surface area contributed by atoms with Gasteiger partial charge in [0.1, 0.15) is 11.8 Å². The lowest BCUT2D eigenvalue weighted by Crippen LogP contribution is -2.31. The van der Waals surface area contributed by atoms with Crippen molar-refractivity contribution >= 4 is 45.2 Å². The highest BCUT2D eigenvalue weighted by Gasteiger charge is 2.34. The normalized spacial score (nSPS) is 15.2. The molecule has 166 valence electrons. The summed E-state index contributed by atoms with van der Waals surface area (Å²) in [5.41, 5.74) is 4.03. The van der Waals surface area contributed by atoms with Crippen LogP contribution in [0.25, 0.3) is 0 Å². The molecule has 0 saturated carbocycles. The summed E-state index contributed by atoms with van der Waals surface area (Å²) in [6.07, 6.45) is 0. The summed E-state index contributed by atoms with van der Waals surface area (Å²) in [5.74, 6) is 2.00. The predicted octanol–water partition coefficient (Wildman–Crippen LogP) is 5.40. The Morgan fingerprint density at radius 3 is 2.78 bits per heavy atom. The quantitative estimate of drug-likeness (QED) is 0.429. The molecule has 7 nitrogen and oxygen atoms in total. The van der Waals surface area contributed by atoms with Crippen LogP contribution in [0.3, 0.4) is 0 Å². The van der Waals surface area contributed by atoms with Gasteiger partial charge < -0.3 is 15.4 Å². The van der Waals surface area contributed by atoms with Gasteiger partial charge in [-0.25, -0.2) is 4.68 Å². The highest BCUT2D eigenvalue weighted by Crippen LogP contribution is 2.39. The van der Waals surface area contributed by atoms with E-state index in [4.69, 9.17) is 9.84 Å². The Morgan fingerprint density at radius 2 is 2.09 bits per heavy atom. The van der Waals surface area contributed by atoms with Crippen LogP contribution in [-0.2, 0) is 4.79 Å². The van der Waals surface area contributed by atoms with Crippen molar-refractivity contribution in [1.29, 1.82) is 0 Å². The second kappa shape index (κ2) is 9.38. The molecular formula is C23H24BrN5O2S. The topological polar surface area (TPSA) is 81.1 Å². The minimum absolute atomic E-state index is 0.191. The first-order valence-corrected chi connectivity index (χ1v) is 12.0. The number of thioether (sulfide) groups is 1. The van der Waals surface area contributed by atoms with Crippen molar-refractivity contribution in [2.24, 2.45) is 0 Å². The monoisotopic (exact) mass is 513 g/mol. The molecule has 0 fully saturated rings. The Morgan fingerprint density at radius 1 is 1.28 bits per heavy atom. The van der Waals surface area contributed by atoms with E-state index in [1.54, 1.807) is 23.6 Å². The van der Waals surface area contributed by atoms with Crippen LogP contribution in [0.4, 0.5) is 11.6 Å². The van der Waals surface area contributed by atoms with Crippen LogP contribution in [0.5, 0.6) is 5.75 Å². The van der Waals surface area contributed by atoms with Gasteiger partial charge in [-0.2, -0.15) is 4.98 Å². The van der Waals surface area contributed by atoms with Gasteiger partial charge in [0.15, 0.2) is 0 Å². The average Bonchev–Trinajstić information content (AvgIpc) is 3.14. The highest BCUT2D eigenvalue weighted by molar-refractivity contribution is 9.10. The van der Waals surface area contributed by atoms with E-state index in [0.29, 0.717) is 16.7 Å². The molecule has 2 heterocycles. The van der Waals surface area contributed by atoms with Crippen LogP contribution in [0.1, 0.15) is 31.0 Å². The predicted molar refractivity (Wildman–Crippen MR) is 131 cm³/mol. The van der Waals surface area contributed by atoms with E-state index in [0.717, 1.165) is 38.5 Å². The van der Waals surface area contributed by atoms with Gasteiger partial charge in [0.25, 0.3) is 5.91 Å². The molecule has 0 saturated heterocycles. The first kappa shape index (κ1) is 22.4. The summed E-state index contributed by atoms with van der Waals surface area (Å²) < 4.78 is 7.97. The van der Waals surface area contributed by atoms with Crippen molar-refractivity contribution in [2.45, 2.75) is 32.0 Å². The molecule has 9 heteroatoms. The summed E-state index contributed by atoms with van der Waals surface area (Å²) in [6.45, 7) is 5.94. The number of methoxy groups -OCH3 is 1. The van der Waals surface area contributed by atoms with Crippen molar-refractivity contribution in [2.75, 3.05) is 23.5 Å². The number of nitrogens with one attached hydrogen (secondary N) is 2. The second-order valence-corrected chi connectivity index (χ2v) is 9.46. The molecule has 0 bridgehead atoms. The minimum Gasteiger partial charge on any atom is -0.496 e. The lowest BCUT2D eigenvalue weighted by Gasteiger charge is -2.29. The molecule has 3 aromatic rings. The van der Waals surface area contributed by atoms with Crippen molar-refractivity contribution in [3.8, 4) is 5.75 Å². The van der Waals surface area contributed by atoms with E-state index >= 15 is 0 Å². The van der Waals surface area contributed by atoms with Gasteiger partial charge in [-0.1, -0.05) is 36.9 Å². The van der Waals surface area contributed by atoms with Crippen LogP contribution in [0.15, 0.2) is 63.4 Å². The van der Waals surface area contributed by atoms with Crippen molar-refractivity contribution in [3.63, 3.8) is 0 Å². The number of benzene rings is 2. The Hall–Kier alpha value is -2.78. The van der Waals surface area contributed by atoms with Crippen molar-refractivity contribution in [1.82, 2.24) is 14.8 Å². The number of carbonyl (C=O) groups excluding carboxylic acids is 1. The number of aryl methyl sites for hydroxylation is 1. The molecule has 4 rings (SSSR count). The van der Waals surface area contributed by atoms with Crippen molar-refractivity contribution < 1.29 is 9.53 Å². The van der Waals surface area contributed by atoms with E-state index in [-0.39, 0.29) is 5.91 Å². The molecular weight excluding hydrogens is 490 g/mol. The highest BCUT2D eigenvalue weighted by atomic mass is 79.9. The number of rotatable bonds is 6. The zero-order valence-corrected chi connectivity index (χ0v) is 20.7. The van der Waals surface area contributed by atoms with Crippen LogP contribution in [-0.4, -0.2) is 33.5 Å². The Balaban J connectivity index is 1.80. The zero-order valence-electron chi connectivity index (χ0n) is 18.3. The first-order chi connectivity index (χ1) is 15.4. The van der Waals surface area contributed by atoms with Gasteiger partial charge in [0.2, 0.25) is 11.1 Å². The third-order valence-electron chi connectivity index (χ3n) is 5.12. The molecule has 1 aromatic heterocycles. The molecule has 1 aliphatic rings. The van der Waals surface area contributed by atoms with Gasteiger partial charge in [-0.05, 0) is 70.9 Å². The summed E-state index contributed by atoms with van der Waals surface area (Å²) in [5, 5.41) is 11.7. The fourth-order valence-corrected chi connectivity index (χ4v) is 4.81. The summed E-state index contributed by atoms with van der Waals surface area (Å²) >= 11 is 5.13. The second-order valence-electron chi connectivity index (χ2n) is 7.38. The number of carbonyl (C=O) groups is 1. The molecule has 1 amide bonds. The van der Waals surface area contributed by atoms with E-state index in [2.05, 4.69) is 38.5 Å². The third-order valence-corrected chi connectivity index (χ3v) is 6.46. The molecule has 1 unspecified atom stereocenters. The standard InChI is InChI=1S/C23H24BrN5O2S/c1-5-32-23-27-22-25-14(3)19(21(30)26-16-8-6-7-13(2)11-16)20(29(22)28-23)15-9-10-18(31-4)17(24)12-15/h6-12,20H,5H2,1-4H3,(H,26,30)(H,25,27,28). The van der Waals surface area contributed by atoms with E-state index in [1.807, 2.05) is 56.3 Å². The Labute approximate surface area is 199 Å². The average molecular weight is 514 g/mol. The molecule has 0 radical (unpaired) electrons. The number of halogens is 1. The molecule has 1 aliphatic heterocycles. The zero-order chi connectivity index (χ0) is 22.8. The Bertz CT molecular complexity index is 1210. The maximum Gasteiger partial charge on any atom is 0.255 e. The number of aromatic nitrogens is 3. The molecule has 2 N–H and O–H groups in total. The van der Waals surface area contributed by atoms with Crippen LogP contribution in [0, 0.1) is 6.92 Å². The maximum absolute atomic E-state index is 13.5. The molecule has 32 heavy (non-hydrogen) atoms. The molecule has 0 spiro atoms. The Kier molecular flexibility index (Phi) is 6.57. The molecule has 1 atom stereocenters. The number of hydrogen-bond acceptors (Lipinski definition) is 6. The van der Waals surface area contributed by atoms with E-state index < -0.39 is 6.04 Å². The summed E-state index contributed by atoms with van der Waals surface area (Å²) in [7, 11) is 1.62. The fraction of sp³-hybridized carbons (Fsp3) is 0.261. The minimum atomic E-state index is -0.447. The third kappa shape index (κ3) is 4.40. The largest absolute Gasteiger partial charge is 0.496 e. The lowest BCUT2D eigenvalue weighted by atomic mass is 9.95. The number of ether oxygens (including phenoxy) is 1. The number of anilines is 2. The summed E-state index contributed by atoms with van der Waals surface area (Å²) in [6, 6.07) is 13.1. The number of fused-ring (bicyclic) bond motifs is 1. The fourth-order valence-electron chi connectivity index (χ4n) is 3.70.